The van der Waals surface area contributed by atoms with Crippen LogP contribution in [-0.4, -0.2) is 58.8 Å². The topological polar surface area (TPSA) is 108 Å². The highest BCUT2D eigenvalue weighted by Crippen LogP contribution is 2.26. The Kier molecular flexibility index (Phi) is 4.76. The summed E-state index contributed by atoms with van der Waals surface area (Å²) in [6.07, 6.45) is 3.61. The molecule has 0 aliphatic carbocycles. The van der Waals surface area contributed by atoms with Crippen LogP contribution in [0.15, 0.2) is 35.0 Å². The lowest BCUT2D eigenvalue weighted by Gasteiger charge is -2.32. The number of rotatable bonds is 4. The van der Waals surface area contributed by atoms with Gasteiger partial charge in [0.15, 0.2) is 17.2 Å². The second-order valence-corrected chi connectivity index (χ2v) is 8.23. The molecule has 3 aromatic heterocycles. The number of fused-ring (bicyclic) bond motifs is 1. The lowest BCUT2D eigenvalue weighted by atomic mass is 10.0. The smallest absolute Gasteiger partial charge is 0.280 e. The van der Waals surface area contributed by atoms with Crippen molar-refractivity contribution in [3.8, 4) is 11.6 Å². The number of aryl methyl sites for hydroxylation is 1. The maximum absolute atomic E-state index is 13.3. The molecule has 1 atom stereocenters. The molecule has 5 rings (SSSR count). The Morgan fingerprint density at radius 3 is 2.90 bits per heavy atom. The van der Waals surface area contributed by atoms with Crippen LogP contribution in [-0.2, 0) is 7.05 Å². The number of benzene rings is 1. The number of aromatic nitrogens is 7. The highest BCUT2D eigenvalue weighted by atomic mass is 16.5. The molecule has 4 heterocycles. The number of para-hydroxylation sites is 1. The number of hydrogen-bond donors (Lipinski definition) is 0. The standard InChI is InChI=1S/C21H24N8O2/c1-13(2)19-22-20(31-25-19)16-12-29(26-23-16)14-7-6-10-28(11-14)21(30)18-15-8-4-5-9-17(15)27(3)24-18/h4-5,8-9,12-14H,6-7,10-11H2,1-3H3. The van der Waals surface area contributed by atoms with Crippen LogP contribution in [0.4, 0.5) is 0 Å². The molecule has 160 valence electrons. The van der Waals surface area contributed by atoms with Crippen LogP contribution in [0.3, 0.4) is 0 Å². The Morgan fingerprint density at radius 1 is 1.26 bits per heavy atom. The van der Waals surface area contributed by atoms with Crippen LogP contribution in [0.1, 0.15) is 55.0 Å². The predicted molar refractivity (Wildman–Crippen MR) is 112 cm³/mol. The monoisotopic (exact) mass is 420 g/mol. The summed E-state index contributed by atoms with van der Waals surface area (Å²) in [4.78, 5) is 19.5. The van der Waals surface area contributed by atoms with Gasteiger partial charge in [0, 0.05) is 31.4 Å². The molecule has 4 aromatic rings. The molecule has 1 amide bonds. The van der Waals surface area contributed by atoms with Gasteiger partial charge < -0.3 is 9.42 Å². The Balaban J connectivity index is 1.36. The maximum Gasteiger partial charge on any atom is 0.280 e. The van der Waals surface area contributed by atoms with Crippen LogP contribution < -0.4 is 0 Å². The van der Waals surface area contributed by atoms with Gasteiger partial charge in [-0.1, -0.05) is 42.4 Å². The lowest BCUT2D eigenvalue weighted by molar-refractivity contribution is 0.0667. The van der Waals surface area contributed by atoms with E-state index < -0.39 is 0 Å². The second-order valence-electron chi connectivity index (χ2n) is 8.23. The predicted octanol–water partition coefficient (Wildman–Crippen LogP) is 2.82. The first-order valence-electron chi connectivity index (χ1n) is 10.5. The minimum atomic E-state index is -0.0553. The van der Waals surface area contributed by atoms with E-state index in [1.54, 1.807) is 9.36 Å². The molecule has 10 heteroatoms. The van der Waals surface area contributed by atoms with Crippen molar-refractivity contribution in [2.75, 3.05) is 13.1 Å². The number of hydrogen-bond acceptors (Lipinski definition) is 7. The van der Waals surface area contributed by atoms with Gasteiger partial charge in [-0.15, -0.1) is 5.10 Å². The average Bonchev–Trinajstić information content (AvgIpc) is 3.52. The molecule has 0 N–H and O–H groups in total. The summed E-state index contributed by atoms with van der Waals surface area (Å²) in [5.74, 6) is 1.12. The van der Waals surface area contributed by atoms with E-state index in [4.69, 9.17) is 4.52 Å². The van der Waals surface area contributed by atoms with Crippen molar-refractivity contribution >= 4 is 16.8 Å². The Labute approximate surface area is 178 Å². The molecule has 1 aliphatic heterocycles. The van der Waals surface area contributed by atoms with Gasteiger partial charge in [0.05, 0.1) is 17.8 Å². The molecular formula is C21H24N8O2. The number of carbonyl (C=O) groups excluding carboxylic acids is 1. The van der Waals surface area contributed by atoms with E-state index in [9.17, 15) is 4.79 Å². The number of carbonyl (C=O) groups is 1. The quantitative estimate of drug-likeness (QED) is 0.499. The third-order valence-electron chi connectivity index (χ3n) is 5.71. The third kappa shape index (κ3) is 3.47. The summed E-state index contributed by atoms with van der Waals surface area (Å²) in [5.41, 5.74) is 1.98. The van der Waals surface area contributed by atoms with Crippen LogP contribution in [0, 0.1) is 0 Å². The number of nitrogens with zero attached hydrogens (tertiary/aromatic N) is 8. The molecule has 1 saturated heterocycles. The van der Waals surface area contributed by atoms with E-state index in [2.05, 4.69) is 25.6 Å². The summed E-state index contributed by atoms with van der Waals surface area (Å²) < 4.78 is 8.87. The minimum absolute atomic E-state index is 0.0291. The van der Waals surface area contributed by atoms with Gasteiger partial charge in [0.1, 0.15) is 0 Å². The van der Waals surface area contributed by atoms with Crippen molar-refractivity contribution in [1.29, 1.82) is 0 Å². The molecule has 0 saturated carbocycles. The molecule has 31 heavy (non-hydrogen) atoms. The number of piperidine rings is 1. The first kappa shape index (κ1) is 19.4. The van der Waals surface area contributed by atoms with E-state index in [0.29, 0.717) is 36.2 Å². The van der Waals surface area contributed by atoms with Gasteiger partial charge in [0.2, 0.25) is 0 Å². The van der Waals surface area contributed by atoms with Crippen molar-refractivity contribution < 1.29 is 9.32 Å². The molecule has 1 fully saturated rings. The first-order valence-corrected chi connectivity index (χ1v) is 10.5. The minimum Gasteiger partial charge on any atom is -0.335 e. The Morgan fingerprint density at radius 2 is 2.10 bits per heavy atom. The third-order valence-corrected chi connectivity index (χ3v) is 5.71. The van der Waals surface area contributed by atoms with Gasteiger partial charge >= 0.3 is 0 Å². The summed E-state index contributed by atoms with van der Waals surface area (Å²) in [6.45, 7) is 5.25. The average molecular weight is 420 g/mol. The van der Waals surface area contributed by atoms with E-state index in [-0.39, 0.29) is 17.9 Å². The summed E-state index contributed by atoms with van der Waals surface area (Å²) in [5, 5.41) is 17.8. The second kappa shape index (κ2) is 7.60. The molecule has 0 radical (unpaired) electrons. The van der Waals surface area contributed by atoms with Gasteiger partial charge in [-0.2, -0.15) is 10.1 Å². The van der Waals surface area contributed by atoms with Gasteiger partial charge in [-0.3, -0.25) is 9.48 Å². The van der Waals surface area contributed by atoms with E-state index in [1.165, 1.54) is 0 Å². The van der Waals surface area contributed by atoms with Crippen LogP contribution in [0.2, 0.25) is 0 Å². The zero-order valence-corrected chi connectivity index (χ0v) is 17.8. The fourth-order valence-electron chi connectivity index (χ4n) is 4.00. The normalized spacial score (nSPS) is 17.0. The summed E-state index contributed by atoms with van der Waals surface area (Å²) in [6, 6.07) is 7.82. The van der Waals surface area contributed by atoms with Crippen molar-refractivity contribution in [1.82, 2.24) is 39.8 Å². The van der Waals surface area contributed by atoms with Crippen LogP contribution in [0.25, 0.3) is 22.5 Å². The number of amides is 1. The highest BCUT2D eigenvalue weighted by Gasteiger charge is 2.29. The molecule has 1 aromatic carbocycles. The van der Waals surface area contributed by atoms with E-state index >= 15 is 0 Å². The molecule has 1 aliphatic rings. The molecule has 0 spiro atoms. The Hall–Kier alpha value is -3.56. The zero-order chi connectivity index (χ0) is 21.5. The van der Waals surface area contributed by atoms with Gasteiger partial charge in [-0.05, 0) is 18.9 Å². The van der Waals surface area contributed by atoms with Gasteiger partial charge in [0.25, 0.3) is 11.8 Å². The fourth-order valence-corrected chi connectivity index (χ4v) is 4.00. The van der Waals surface area contributed by atoms with Crippen molar-refractivity contribution in [2.24, 2.45) is 7.05 Å². The van der Waals surface area contributed by atoms with Crippen LogP contribution >= 0.6 is 0 Å². The fraction of sp³-hybridized carbons (Fsp3) is 0.429. The lowest BCUT2D eigenvalue weighted by Crippen LogP contribution is -2.41. The first-order chi connectivity index (χ1) is 15.0. The molecule has 10 nitrogen and oxygen atoms in total. The maximum atomic E-state index is 13.3. The zero-order valence-electron chi connectivity index (χ0n) is 17.8. The van der Waals surface area contributed by atoms with Crippen molar-refractivity contribution in [3.63, 3.8) is 0 Å². The molecular weight excluding hydrogens is 396 g/mol. The molecule has 0 bridgehead atoms. The van der Waals surface area contributed by atoms with Crippen molar-refractivity contribution in [2.45, 2.75) is 38.6 Å². The van der Waals surface area contributed by atoms with E-state index in [0.717, 1.165) is 23.7 Å². The van der Waals surface area contributed by atoms with Crippen LogP contribution in [0.5, 0.6) is 0 Å². The summed E-state index contributed by atoms with van der Waals surface area (Å²) >= 11 is 0. The highest BCUT2D eigenvalue weighted by molar-refractivity contribution is 6.04. The largest absolute Gasteiger partial charge is 0.335 e. The molecule has 1 unspecified atom stereocenters. The Bertz CT molecular complexity index is 1240. The summed E-state index contributed by atoms with van der Waals surface area (Å²) in [7, 11) is 1.86. The van der Waals surface area contributed by atoms with Crippen molar-refractivity contribution in [3.05, 3.63) is 42.0 Å². The van der Waals surface area contributed by atoms with Gasteiger partial charge in [-0.25, -0.2) is 4.68 Å². The number of likely N-dealkylation sites (tertiary alicyclic amines) is 1. The van der Waals surface area contributed by atoms with E-state index in [1.807, 2.05) is 56.3 Å². The SMILES string of the molecule is CC(C)c1noc(-c2cn(C3CCCN(C(=O)c4nn(C)c5ccccc45)C3)nn2)n1.